The average Bonchev–Trinajstić information content (AvgIpc) is 3.00. The topological polar surface area (TPSA) is 90.3 Å². The molecule has 2 fully saturated rings. The minimum atomic E-state index is -0.418. The van der Waals surface area contributed by atoms with Crippen LogP contribution in [-0.4, -0.2) is 102 Å². The van der Waals surface area contributed by atoms with Crippen molar-refractivity contribution in [1.82, 2.24) is 24.6 Å². The highest BCUT2D eigenvalue weighted by atomic mass is 35.5. The standard InChI is InChI=1S/C32H38ClN5O4/c1-35-23-29(32(41)34-21-24-4-6-27(33)7-5-24)31(40)28-20-25(22-38-14-17-42-18-15-38)19-26(30(28)35)3-2-8-36-9-11-37(12-10-36)13-16-39/h4-7,19-20,23,39H,8-18,21-22H2,1H3,(H,34,41). The van der Waals surface area contributed by atoms with Crippen LogP contribution in [0.3, 0.4) is 0 Å². The Labute approximate surface area is 251 Å². The van der Waals surface area contributed by atoms with Gasteiger partial charge in [0.05, 0.1) is 31.9 Å². The van der Waals surface area contributed by atoms with Crippen LogP contribution in [0.5, 0.6) is 0 Å². The highest BCUT2D eigenvalue weighted by molar-refractivity contribution is 6.30. The lowest BCUT2D eigenvalue weighted by molar-refractivity contribution is 0.0342. The van der Waals surface area contributed by atoms with Crippen LogP contribution in [0, 0.1) is 11.8 Å². The third-order valence-corrected chi connectivity index (χ3v) is 8.11. The predicted octanol–water partition coefficient (Wildman–Crippen LogP) is 1.92. The molecule has 2 aromatic carbocycles. The predicted molar refractivity (Wildman–Crippen MR) is 165 cm³/mol. The first kappa shape index (κ1) is 30.2. The summed E-state index contributed by atoms with van der Waals surface area (Å²) in [4.78, 5) is 33.8. The van der Waals surface area contributed by atoms with Gasteiger partial charge in [-0.2, -0.15) is 0 Å². The van der Waals surface area contributed by atoms with Crippen LogP contribution >= 0.6 is 11.6 Å². The molecular weight excluding hydrogens is 554 g/mol. The van der Waals surface area contributed by atoms with E-state index in [4.69, 9.17) is 16.3 Å². The van der Waals surface area contributed by atoms with Gasteiger partial charge in [0.15, 0.2) is 0 Å². The lowest BCUT2D eigenvalue weighted by Crippen LogP contribution is -2.47. The van der Waals surface area contributed by atoms with Crippen molar-refractivity contribution in [1.29, 1.82) is 0 Å². The van der Waals surface area contributed by atoms with E-state index in [9.17, 15) is 14.7 Å². The Morgan fingerprint density at radius 2 is 1.71 bits per heavy atom. The molecule has 2 aliphatic heterocycles. The number of β-amino-alcohol motifs (C(OH)–C–C–N with tert-alkyl or cyclic N) is 1. The van der Waals surface area contributed by atoms with Crippen LogP contribution < -0.4 is 10.7 Å². The second-order valence-electron chi connectivity index (χ2n) is 10.9. The number of aromatic nitrogens is 1. The number of pyridine rings is 1. The summed E-state index contributed by atoms with van der Waals surface area (Å²) in [5.41, 5.74) is 3.18. The van der Waals surface area contributed by atoms with E-state index < -0.39 is 5.91 Å². The maximum Gasteiger partial charge on any atom is 0.257 e. The molecule has 10 heteroatoms. The Morgan fingerprint density at radius 1 is 1.00 bits per heavy atom. The number of benzene rings is 2. The van der Waals surface area contributed by atoms with Crippen LogP contribution in [0.1, 0.15) is 27.0 Å². The van der Waals surface area contributed by atoms with Crippen LogP contribution in [0.15, 0.2) is 47.4 Å². The van der Waals surface area contributed by atoms with Crippen LogP contribution in [0.25, 0.3) is 10.9 Å². The maximum absolute atomic E-state index is 13.8. The second-order valence-corrected chi connectivity index (χ2v) is 11.3. The van der Waals surface area contributed by atoms with Crippen molar-refractivity contribution in [2.24, 2.45) is 7.05 Å². The molecule has 2 aliphatic rings. The largest absolute Gasteiger partial charge is 0.395 e. The minimum absolute atomic E-state index is 0.0992. The molecule has 1 aromatic heterocycles. The summed E-state index contributed by atoms with van der Waals surface area (Å²) >= 11 is 5.98. The fourth-order valence-corrected chi connectivity index (χ4v) is 5.64. The smallest absolute Gasteiger partial charge is 0.257 e. The van der Waals surface area contributed by atoms with E-state index in [-0.39, 0.29) is 17.6 Å². The van der Waals surface area contributed by atoms with Crippen LogP contribution in [0.4, 0.5) is 0 Å². The SMILES string of the molecule is Cn1cc(C(=O)NCc2ccc(Cl)cc2)c(=O)c2cc(CN3CCOCC3)cc(C#CCN3CCN(CCO)CC3)c21. The Bertz CT molecular complexity index is 1510. The number of carbonyl (C=O) groups excluding carboxylic acids is 1. The van der Waals surface area contributed by atoms with E-state index in [0.717, 1.165) is 61.5 Å². The van der Waals surface area contributed by atoms with Gasteiger partial charge in [0.2, 0.25) is 5.43 Å². The van der Waals surface area contributed by atoms with Crippen molar-refractivity contribution in [3.05, 3.63) is 80.1 Å². The lowest BCUT2D eigenvalue weighted by atomic mass is 10.0. The summed E-state index contributed by atoms with van der Waals surface area (Å²) in [6, 6.07) is 11.2. The third-order valence-electron chi connectivity index (χ3n) is 7.86. The Balaban J connectivity index is 1.42. The Kier molecular flexibility index (Phi) is 10.3. The monoisotopic (exact) mass is 591 g/mol. The average molecular weight is 592 g/mol. The van der Waals surface area contributed by atoms with Gasteiger partial charge in [-0.1, -0.05) is 35.6 Å². The first-order valence-corrected chi connectivity index (χ1v) is 14.8. The molecule has 0 bridgehead atoms. The minimum Gasteiger partial charge on any atom is -0.395 e. The number of nitrogens with zero attached hydrogens (tertiary/aromatic N) is 4. The van der Waals surface area contributed by atoms with Gasteiger partial charge in [0.1, 0.15) is 5.56 Å². The molecule has 3 aromatic rings. The second kappa shape index (κ2) is 14.3. The fourth-order valence-electron chi connectivity index (χ4n) is 5.51. The molecule has 42 heavy (non-hydrogen) atoms. The Morgan fingerprint density at radius 3 is 2.43 bits per heavy atom. The number of fused-ring (bicyclic) bond motifs is 1. The van der Waals surface area contributed by atoms with Crippen molar-refractivity contribution < 1.29 is 14.6 Å². The molecule has 2 N–H and O–H groups in total. The summed E-state index contributed by atoms with van der Waals surface area (Å²) in [6.07, 6.45) is 1.61. The number of aryl methyl sites for hydroxylation is 1. The highest BCUT2D eigenvalue weighted by Gasteiger charge is 2.19. The number of aliphatic hydroxyl groups excluding tert-OH is 1. The zero-order chi connectivity index (χ0) is 29.5. The molecule has 222 valence electrons. The van der Waals surface area contributed by atoms with Gasteiger partial charge in [-0.3, -0.25) is 24.3 Å². The van der Waals surface area contributed by atoms with Crippen molar-refractivity contribution >= 4 is 28.4 Å². The molecule has 2 saturated heterocycles. The quantitative estimate of drug-likeness (QED) is 0.387. The fraction of sp³-hybridized carbons (Fsp3) is 0.438. The molecule has 1 amide bonds. The third kappa shape index (κ3) is 7.58. The van der Waals surface area contributed by atoms with Gasteiger partial charge in [-0.05, 0) is 35.4 Å². The van der Waals surface area contributed by atoms with E-state index in [1.807, 2.05) is 29.8 Å². The maximum atomic E-state index is 13.8. The van der Waals surface area contributed by atoms with Gasteiger partial charge in [0, 0.05) is 88.1 Å². The molecule has 5 rings (SSSR count). The van der Waals surface area contributed by atoms with Crippen molar-refractivity contribution in [3.8, 4) is 11.8 Å². The molecule has 3 heterocycles. The van der Waals surface area contributed by atoms with E-state index >= 15 is 0 Å². The van der Waals surface area contributed by atoms with Gasteiger partial charge in [-0.15, -0.1) is 0 Å². The summed E-state index contributed by atoms with van der Waals surface area (Å²) in [5.74, 6) is 6.28. The number of amides is 1. The first-order valence-electron chi connectivity index (χ1n) is 14.4. The number of piperazine rings is 1. The molecular formula is C32H38ClN5O4. The van der Waals surface area contributed by atoms with Crippen molar-refractivity contribution in [2.75, 3.05) is 72.2 Å². The Hall–Kier alpha value is -3.23. The van der Waals surface area contributed by atoms with Crippen molar-refractivity contribution in [2.45, 2.75) is 13.1 Å². The first-order chi connectivity index (χ1) is 20.4. The number of hydrogen-bond donors (Lipinski definition) is 2. The van der Waals surface area contributed by atoms with Gasteiger partial charge in [-0.25, -0.2) is 0 Å². The molecule has 0 unspecified atom stereocenters. The number of nitrogens with one attached hydrogen (secondary N) is 1. The lowest BCUT2D eigenvalue weighted by Gasteiger charge is -2.33. The van der Waals surface area contributed by atoms with Gasteiger partial charge in [0.25, 0.3) is 5.91 Å². The van der Waals surface area contributed by atoms with E-state index in [1.54, 1.807) is 18.3 Å². The number of halogens is 1. The molecule has 9 nitrogen and oxygen atoms in total. The highest BCUT2D eigenvalue weighted by Crippen LogP contribution is 2.21. The summed E-state index contributed by atoms with van der Waals surface area (Å²) in [6.45, 7) is 9.14. The number of morpholine rings is 1. The van der Waals surface area contributed by atoms with E-state index in [1.165, 1.54) is 0 Å². The molecule has 0 spiro atoms. The number of rotatable bonds is 8. The zero-order valence-electron chi connectivity index (χ0n) is 24.1. The summed E-state index contributed by atoms with van der Waals surface area (Å²) in [5, 5.41) is 13.2. The molecule has 0 radical (unpaired) electrons. The van der Waals surface area contributed by atoms with Crippen LogP contribution in [0.2, 0.25) is 5.02 Å². The number of aliphatic hydroxyl groups is 1. The van der Waals surface area contributed by atoms with Gasteiger partial charge < -0.3 is 19.7 Å². The van der Waals surface area contributed by atoms with Gasteiger partial charge >= 0.3 is 0 Å². The van der Waals surface area contributed by atoms with Crippen molar-refractivity contribution in [3.63, 3.8) is 0 Å². The molecule has 0 atom stereocenters. The molecule has 0 saturated carbocycles. The number of carbonyl (C=O) groups is 1. The van der Waals surface area contributed by atoms with E-state index in [0.29, 0.717) is 49.8 Å². The normalized spacial score (nSPS) is 16.7. The van der Waals surface area contributed by atoms with Crippen LogP contribution in [-0.2, 0) is 24.9 Å². The zero-order valence-corrected chi connectivity index (χ0v) is 24.8. The summed E-state index contributed by atoms with van der Waals surface area (Å²) < 4.78 is 7.35. The molecule has 0 aliphatic carbocycles. The van der Waals surface area contributed by atoms with E-state index in [2.05, 4.69) is 37.9 Å². The number of ether oxygens (including phenoxy) is 1. The summed E-state index contributed by atoms with van der Waals surface area (Å²) in [7, 11) is 1.85. The number of hydrogen-bond acceptors (Lipinski definition) is 7.